The Bertz CT molecular complexity index is 652. The molecule has 1 atom stereocenters. The van der Waals surface area contributed by atoms with Gasteiger partial charge in [0, 0.05) is 30.3 Å². The molecule has 0 aliphatic heterocycles. The van der Waals surface area contributed by atoms with Crippen molar-refractivity contribution in [1.29, 1.82) is 0 Å². The third-order valence-electron chi connectivity index (χ3n) is 3.36. The number of nitro groups is 1. The molecule has 1 N–H and O–H groups in total. The molecule has 1 unspecified atom stereocenters. The summed E-state index contributed by atoms with van der Waals surface area (Å²) in [6.45, 7) is 6.72. The molecule has 0 amide bonds. The molecule has 0 aliphatic rings. The summed E-state index contributed by atoms with van der Waals surface area (Å²) in [5.41, 5.74) is 0.636. The molecule has 1 heterocycles. The van der Waals surface area contributed by atoms with Crippen molar-refractivity contribution in [2.75, 3.05) is 6.54 Å². The van der Waals surface area contributed by atoms with E-state index in [1.807, 2.05) is 18.7 Å². The van der Waals surface area contributed by atoms with E-state index in [0.717, 1.165) is 0 Å². The van der Waals surface area contributed by atoms with Crippen LogP contribution >= 0.6 is 0 Å². The van der Waals surface area contributed by atoms with Crippen LogP contribution in [0.3, 0.4) is 0 Å². The van der Waals surface area contributed by atoms with E-state index in [2.05, 4.69) is 10.2 Å². The highest BCUT2D eigenvalue weighted by molar-refractivity contribution is 5.55. The normalized spacial score (nSPS) is 12.8. The largest absolute Gasteiger partial charge is 0.419 e. The number of nitro benzene ring substituents is 1. The van der Waals surface area contributed by atoms with Gasteiger partial charge in [-0.05, 0) is 32.9 Å². The van der Waals surface area contributed by atoms with Crippen LogP contribution in [0.15, 0.2) is 28.7 Å². The lowest BCUT2D eigenvalue weighted by Crippen LogP contribution is -2.36. The first-order valence-corrected chi connectivity index (χ1v) is 7.36. The predicted octanol–water partition coefficient (Wildman–Crippen LogP) is 2.24. The van der Waals surface area contributed by atoms with Gasteiger partial charge in [0.2, 0.25) is 11.8 Å². The minimum absolute atomic E-state index is 0.0106. The van der Waals surface area contributed by atoms with E-state index < -0.39 is 11.0 Å². The van der Waals surface area contributed by atoms with E-state index in [1.54, 1.807) is 19.1 Å². The van der Waals surface area contributed by atoms with Crippen LogP contribution in [0.2, 0.25) is 0 Å². The number of hydrogen-bond acceptors (Lipinski definition) is 7. The van der Waals surface area contributed by atoms with Gasteiger partial charge in [-0.1, -0.05) is 0 Å². The lowest BCUT2D eigenvalue weighted by Gasteiger charge is -2.25. The second-order valence-corrected chi connectivity index (χ2v) is 5.68. The number of non-ortho nitro benzene ring substituents is 1. The molecule has 1 aromatic carbocycles. The summed E-state index contributed by atoms with van der Waals surface area (Å²) >= 11 is 0. The third-order valence-corrected chi connectivity index (χ3v) is 3.36. The number of hydrogen-bond donors (Lipinski definition) is 1. The van der Waals surface area contributed by atoms with Gasteiger partial charge in [0.1, 0.15) is 0 Å². The Labute approximate surface area is 133 Å². The lowest BCUT2D eigenvalue weighted by atomic mass is 10.2. The maximum Gasteiger partial charge on any atom is 0.269 e. The summed E-state index contributed by atoms with van der Waals surface area (Å²) < 4.78 is 5.62. The summed E-state index contributed by atoms with van der Waals surface area (Å²) in [5.74, 6) is 0.753. The zero-order valence-corrected chi connectivity index (χ0v) is 13.3. The van der Waals surface area contributed by atoms with Gasteiger partial charge in [-0.2, -0.15) is 0 Å². The molecule has 0 saturated heterocycles. The summed E-state index contributed by atoms with van der Waals surface area (Å²) in [6.07, 6.45) is -0.450. The first kappa shape index (κ1) is 17.0. The van der Waals surface area contributed by atoms with Crippen molar-refractivity contribution in [3.8, 4) is 11.5 Å². The Balaban J connectivity index is 2.11. The number of aliphatic hydroxyl groups is 1. The summed E-state index contributed by atoms with van der Waals surface area (Å²) in [4.78, 5) is 12.2. The van der Waals surface area contributed by atoms with Crippen LogP contribution in [0.1, 0.15) is 26.7 Å². The molecule has 0 aliphatic carbocycles. The first-order valence-electron chi connectivity index (χ1n) is 7.36. The summed E-state index contributed by atoms with van der Waals surface area (Å²) in [6, 6.07) is 6.16. The van der Waals surface area contributed by atoms with Crippen LogP contribution in [0.25, 0.3) is 11.5 Å². The van der Waals surface area contributed by atoms with Crippen molar-refractivity contribution in [2.45, 2.75) is 39.5 Å². The van der Waals surface area contributed by atoms with Crippen molar-refractivity contribution in [1.82, 2.24) is 15.1 Å². The number of nitrogens with zero attached hydrogens (tertiary/aromatic N) is 4. The molecule has 23 heavy (non-hydrogen) atoms. The average Bonchev–Trinajstić information content (AvgIpc) is 2.94. The van der Waals surface area contributed by atoms with Crippen molar-refractivity contribution in [2.24, 2.45) is 0 Å². The van der Waals surface area contributed by atoms with Gasteiger partial charge in [0.15, 0.2) is 0 Å². The highest BCUT2D eigenvalue weighted by Gasteiger charge is 2.17. The van der Waals surface area contributed by atoms with Gasteiger partial charge in [-0.15, -0.1) is 10.2 Å². The summed E-state index contributed by atoms with van der Waals surface area (Å²) in [5, 5.41) is 28.2. The maximum atomic E-state index is 10.7. The van der Waals surface area contributed by atoms with E-state index >= 15 is 0 Å². The standard InChI is InChI=1S/C15H20N4O4/c1-10(2)18(8-11(3)20)9-14-16-17-15(23-14)12-4-6-13(7-5-12)19(21)22/h4-7,10-11,20H,8-9H2,1-3H3. The molecular weight excluding hydrogens is 300 g/mol. The molecule has 8 nitrogen and oxygen atoms in total. The van der Waals surface area contributed by atoms with E-state index in [0.29, 0.717) is 30.4 Å². The van der Waals surface area contributed by atoms with Crippen LogP contribution < -0.4 is 0 Å². The number of benzene rings is 1. The minimum atomic E-state index is -0.459. The number of aromatic nitrogens is 2. The number of aliphatic hydroxyl groups excluding tert-OH is 1. The van der Waals surface area contributed by atoms with Crippen LogP contribution in [0, 0.1) is 10.1 Å². The lowest BCUT2D eigenvalue weighted by molar-refractivity contribution is -0.384. The molecule has 8 heteroatoms. The number of rotatable bonds is 7. The highest BCUT2D eigenvalue weighted by Crippen LogP contribution is 2.21. The van der Waals surface area contributed by atoms with E-state index in [-0.39, 0.29) is 11.7 Å². The van der Waals surface area contributed by atoms with Gasteiger partial charge in [0.05, 0.1) is 17.6 Å². The zero-order valence-electron chi connectivity index (χ0n) is 13.3. The molecule has 0 fully saturated rings. The van der Waals surface area contributed by atoms with Gasteiger partial charge >= 0.3 is 0 Å². The minimum Gasteiger partial charge on any atom is -0.419 e. The molecule has 0 spiro atoms. The van der Waals surface area contributed by atoms with E-state index in [4.69, 9.17) is 4.42 Å². The quantitative estimate of drug-likeness (QED) is 0.616. The fourth-order valence-corrected chi connectivity index (χ4v) is 2.13. The molecule has 0 saturated carbocycles. The van der Waals surface area contributed by atoms with Gasteiger partial charge in [-0.3, -0.25) is 15.0 Å². The Kier molecular flexibility index (Phi) is 5.41. The third kappa shape index (κ3) is 4.57. The Morgan fingerprint density at radius 1 is 1.26 bits per heavy atom. The zero-order chi connectivity index (χ0) is 17.0. The van der Waals surface area contributed by atoms with E-state index in [1.165, 1.54) is 12.1 Å². The van der Waals surface area contributed by atoms with E-state index in [9.17, 15) is 15.2 Å². The average molecular weight is 320 g/mol. The van der Waals surface area contributed by atoms with Crippen LogP contribution in [-0.2, 0) is 6.54 Å². The van der Waals surface area contributed by atoms with Crippen LogP contribution in [0.4, 0.5) is 5.69 Å². The predicted molar refractivity (Wildman–Crippen MR) is 83.6 cm³/mol. The van der Waals surface area contributed by atoms with Crippen molar-refractivity contribution < 1.29 is 14.4 Å². The topological polar surface area (TPSA) is 106 Å². The van der Waals surface area contributed by atoms with Crippen molar-refractivity contribution in [3.05, 3.63) is 40.3 Å². The first-order chi connectivity index (χ1) is 10.9. The Hall–Kier alpha value is -2.32. The Morgan fingerprint density at radius 2 is 1.91 bits per heavy atom. The fraction of sp³-hybridized carbons (Fsp3) is 0.467. The molecule has 2 aromatic rings. The maximum absolute atomic E-state index is 10.7. The summed E-state index contributed by atoms with van der Waals surface area (Å²) in [7, 11) is 0. The van der Waals surface area contributed by atoms with Crippen molar-refractivity contribution >= 4 is 5.69 Å². The molecule has 0 radical (unpaired) electrons. The van der Waals surface area contributed by atoms with Crippen LogP contribution in [-0.4, -0.2) is 43.8 Å². The van der Waals surface area contributed by atoms with Crippen molar-refractivity contribution in [3.63, 3.8) is 0 Å². The molecule has 0 bridgehead atoms. The molecule has 2 rings (SSSR count). The SMILES string of the molecule is CC(O)CN(Cc1nnc(-c2ccc([N+](=O)[O-])cc2)o1)C(C)C. The molecular formula is C15H20N4O4. The Morgan fingerprint density at radius 3 is 2.43 bits per heavy atom. The highest BCUT2D eigenvalue weighted by atomic mass is 16.6. The van der Waals surface area contributed by atoms with Gasteiger partial charge in [0.25, 0.3) is 5.69 Å². The molecule has 1 aromatic heterocycles. The monoisotopic (exact) mass is 320 g/mol. The fourth-order valence-electron chi connectivity index (χ4n) is 2.13. The van der Waals surface area contributed by atoms with Crippen LogP contribution in [0.5, 0.6) is 0 Å². The second-order valence-electron chi connectivity index (χ2n) is 5.68. The van der Waals surface area contributed by atoms with Gasteiger partial charge < -0.3 is 9.52 Å². The van der Waals surface area contributed by atoms with Gasteiger partial charge in [-0.25, -0.2) is 0 Å². The second kappa shape index (κ2) is 7.30. The smallest absolute Gasteiger partial charge is 0.269 e. The molecule has 124 valence electrons.